The molecule has 0 aliphatic carbocycles. The Hall–Kier alpha value is -3.50. The van der Waals surface area contributed by atoms with Crippen LogP contribution in [0.25, 0.3) is 10.9 Å². The van der Waals surface area contributed by atoms with Gasteiger partial charge >= 0.3 is 0 Å². The predicted octanol–water partition coefficient (Wildman–Crippen LogP) is 5.95. The molecule has 1 N–H and O–H groups in total. The molecule has 0 unspecified atom stereocenters. The van der Waals surface area contributed by atoms with Crippen LogP contribution in [0.3, 0.4) is 0 Å². The number of aromatic nitrogens is 2. The summed E-state index contributed by atoms with van der Waals surface area (Å²) in [4.78, 5) is 30.5. The molecule has 1 amide bonds. The highest BCUT2D eigenvalue weighted by Gasteiger charge is 2.16. The number of ether oxygens (including phenoxy) is 2. The molecule has 0 aliphatic rings. The molecule has 0 saturated heterocycles. The maximum absolute atomic E-state index is 13.4. The number of amides is 1. The smallest absolute Gasteiger partial charge is 0.282 e. The standard InChI is InChI=1S/C27H24Br2N4O4/c1-16(2)26-32-22-10-9-18(28)12-21(22)27(35)33(26)30-14-17-11-19(29)13-23(36-3)25(17)37-15-24(34)31-20-7-5-4-6-8-20/h4-14,16H,15H2,1-3H3,(H,31,34). The van der Waals surface area contributed by atoms with Crippen molar-refractivity contribution >= 4 is 60.6 Å². The van der Waals surface area contributed by atoms with Crippen molar-refractivity contribution in [3.63, 3.8) is 0 Å². The van der Waals surface area contributed by atoms with Crippen LogP contribution in [-0.2, 0) is 4.79 Å². The minimum Gasteiger partial charge on any atom is -0.493 e. The van der Waals surface area contributed by atoms with Gasteiger partial charge < -0.3 is 14.8 Å². The highest BCUT2D eigenvalue weighted by Crippen LogP contribution is 2.34. The van der Waals surface area contributed by atoms with Crippen molar-refractivity contribution in [3.05, 3.63) is 91.4 Å². The second-order valence-electron chi connectivity index (χ2n) is 8.38. The first-order valence-corrected chi connectivity index (χ1v) is 13.0. The summed E-state index contributed by atoms with van der Waals surface area (Å²) in [6.45, 7) is 3.64. The zero-order chi connectivity index (χ0) is 26.5. The summed E-state index contributed by atoms with van der Waals surface area (Å²) in [6.07, 6.45) is 1.50. The van der Waals surface area contributed by atoms with E-state index in [4.69, 9.17) is 9.47 Å². The Morgan fingerprint density at radius 2 is 1.86 bits per heavy atom. The van der Waals surface area contributed by atoms with Crippen LogP contribution in [0.2, 0.25) is 0 Å². The summed E-state index contributed by atoms with van der Waals surface area (Å²) in [5.74, 6) is 0.838. The van der Waals surface area contributed by atoms with E-state index in [1.165, 1.54) is 18.0 Å². The SMILES string of the molecule is COc1cc(Br)cc(C=Nn2c(C(C)C)nc3ccc(Br)cc3c2=O)c1OCC(=O)Nc1ccccc1. The van der Waals surface area contributed by atoms with Crippen LogP contribution in [0.5, 0.6) is 11.5 Å². The maximum atomic E-state index is 13.4. The third-order valence-electron chi connectivity index (χ3n) is 5.34. The van der Waals surface area contributed by atoms with Crippen LogP contribution in [-0.4, -0.2) is 35.5 Å². The molecule has 8 nitrogen and oxygen atoms in total. The molecule has 0 saturated carbocycles. The van der Waals surface area contributed by atoms with E-state index in [2.05, 4.69) is 47.3 Å². The van der Waals surface area contributed by atoms with Gasteiger partial charge in [0.25, 0.3) is 11.5 Å². The highest BCUT2D eigenvalue weighted by molar-refractivity contribution is 9.10. The average Bonchev–Trinajstić information content (AvgIpc) is 2.87. The fourth-order valence-electron chi connectivity index (χ4n) is 3.62. The molecule has 37 heavy (non-hydrogen) atoms. The number of rotatable bonds is 8. The van der Waals surface area contributed by atoms with Crippen molar-refractivity contribution in [1.82, 2.24) is 9.66 Å². The van der Waals surface area contributed by atoms with Gasteiger partial charge in [-0.1, -0.05) is 63.9 Å². The van der Waals surface area contributed by atoms with Crippen LogP contribution in [0.4, 0.5) is 5.69 Å². The van der Waals surface area contributed by atoms with Crippen LogP contribution >= 0.6 is 31.9 Å². The fraction of sp³-hybridized carbons (Fsp3) is 0.185. The van der Waals surface area contributed by atoms with E-state index < -0.39 is 0 Å². The molecule has 0 atom stereocenters. The van der Waals surface area contributed by atoms with Gasteiger partial charge in [-0.2, -0.15) is 9.78 Å². The molecule has 0 radical (unpaired) electrons. The molecule has 190 valence electrons. The number of hydrogen-bond acceptors (Lipinski definition) is 6. The lowest BCUT2D eigenvalue weighted by Gasteiger charge is -2.15. The normalized spacial score (nSPS) is 11.3. The Morgan fingerprint density at radius 3 is 2.57 bits per heavy atom. The number of carbonyl (C=O) groups is 1. The largest absolute Gasteiger partial charge is 0.493 e. The average molecular weight is 628 g/mol. The Kier molecular flexibility index (Phi) is 8.40. The second-order valence-corrected chi connectivity index (χ2v) is 10.2. The van der Waals surface area contributed by atoms with E-state index in [0.29, 0.717) is 43.9 Å². The van der Waals surface area contributed by atoms with Gasteiger partial charge in [-0.25, -0.2) is 4.98 Å². The fourth-order valence-corrected chi connectivity index (χ4v) is 4.43. The summed E-state index contributed by atoms with van der Waals surface area (Å²) < 4.78 is 14.1. The number of carbonyl (C=O) groups excluding carboxylic acids is 1. The lowest BCUT2D eigenvalue weighted by Crippen LogP contribution is -2.23. The van der Waals surface area contributed by atoms with Crippen molar-refractivity contribution in [1.29, 1.82) is 0 Å². The monoisotopic (exact) mass is 626 g/mol. The van der Waals surface area contributed by atoms with Gasteiger partial charge in [0.2, 0.25) is 0 Å². The number of nitrogens with zero attached hydrogens (tertiary/aromatic N) is 3. The molecule has 4 aromatic rings. The van der Waals surface area contributed by atoms with Gasteiger partial charge in [-0.15, -0.1) is 0 Å². The van der Waals surface area contributed by atoms with Gasteiger partial charge in [-0.05, 0) is 42.5 Å². The van der Waals surface area contributed by atoms with Crippen LogP contribution in [0.15, 0.2) is 79.5 Å². The first-order chi connectivity index (χ1) is 17.8. The Balaban J connectivity index is 1.70. The van der Waals surface area contributed by atoms with Crippen molar-refractivity contribution in [2.24, 2.45) is 5.10 Å². The third kappa shape index (κ3) is 6.26. The predicted molar refractivity (Wildman–Crippen MR) is 152 cm³/mol. The molecule has 10 heteroatoms. The van der Waals surface area contributed by atoms with E-state index in [9.17, 15) is 9.59 Å². The summed E-state index contributed by atoms with van der Waals surface area (Å²) >= 11 is 6.88. The van der Waals surface area contributed by atoms with Gasteiger partial charge in [0.1, 0.15) is 5.82 Å². The molecule has 0 spiro atoms. The molecule has 0 aliphatic heterocycles. The molecule has 0 fully saturated rings. The van der Waals surface area contributed by atoms with Gasteiger partial charge in [-0.3, -0.25) is 9.59 Å². The zero-order valence-corrected chi connectivity index (χ0v) is 23.5. The lowest BCUT2D eigenvalue weighted by molar-refractivity contribution is -0.118. The number of para-hydroxylation sites is 1. The molecule has 4 rings (SSSR count). The van der Waals surface area contributed by atoms with Crippen molar-refractivity contribution in [2.75, 3.05) is 19.0 Å². The third-order valence-corrected chi connectivity index (χ3v) is 6.29. The van der Waals surface area contributed by atoms with E-state index in [-0.39, 0.29) is 24.0 Å². The topological polar surface area (TPSA) is 94.8 Å². The van der Waals surface area contributed by atoms with Gasteiger partial charge in [0.05, 0.1) is 24.2 Å². The summed E-state index contributed by atoms with van der Waals surface area (Å²) in [7, 11) is 1.51. The second kappa shape index (κ2) is 11.7. The molecule has 1 aromatic heterocycles. The Labute approximate surface area is 230 Å². The number of anilines is 1. The number of hydrogen-bond donors (Lipinski definition) is 1. The lowest BCUT2D eigenvalue weighted by atomic mass is 10.2. The van der Waals surface area contributed by atoms with E-state index in [1.54, 1.807) is 36.4 Å². The molecule has 1 heterocycles. The number of benzene rings is 3. The van der Waals surface area contributed by atoms with Crippen LogP contribution < -0.4 is 20.3 Å². The molecular weight excluding hydrogens is 604 g/mol. The molecule has 0 bridgehead atoms. The number of methoxy groups -OCH3 is 1. The Bertz CT molecular complexity index is 1540. The quantitative estimate of drug-likeness (QED) is 0.244. The number of nitrogens with one attached hydrogen (secondary N) is 1. The summed E-state index contributed by atoms with van der Waals surface area (Å²) in [5.41, 5.74) is 1.48. The first-order valence-electron chi connectivity index (χ1n) is 11.4. The summed E-state index contributed by atoms with van der Waals surface area (Å²) in [5, 5.41) is 7.72. The molecular formula is C27H24Br2N4O4. The van der Waals surface area contributed by atoms with Crippen LogP contribution in [0, 0.1) is 0 Å². The zero-order valence-electron chi connectivity index (χ0n) is 20.4. The van der Waals surface area contributed by atoms with Crippen molar-refractivity contribution in [3.8, 4) is 11.5 Å². The highest BCUT2D eigenvalue weighted by atomic mass is 79.9. The van der Waals surface area contributed by atoms with Gasteiger partial charge in [0, 0.05) is 26.1 Å². The van der Waals surface area contributed by atoms with E-state index in [1.807, 2.05) is 38.1 Å². The summed E-state index contributed by atoms with van der Waals surface area (Å²) in [6, 6.07) is 18.0. The molecule has 3 aromatic carbocycles. The number of halogens is 2. The van der Waals surface area contributed by atoms with Crippen molar-refractivity contribution in [2.45, 2.75) is 19.8 Å². The van der Waals surface area contributed by atoms with Gasteiger partial charge in [0.15, 0.2) is 18.1 Å². The minimum atomic E-state index is -0.332. The van der Waals surface area contributed by atoms with Crippen LogP contribution in [0.1, 0.15) is 31.2 Å². The van der Waals surface area contributed by atoms with E-state index in [0.717, 1.165) is 4.47 Å². The van der Waals surface area contributed by atoms with Crippen molar-refractivity contribution < 1.29 is 14.3 Å². The maximum Gasteiger partial charge on any atom is 0.282 e. The first kappa shape index (κ1) is 26.6. The minimum absolute atomic E-state index is 0.0626. The number of fused-ring (bicyclic) bond motifs is 1. The van der Waals surface area contributed by atoms with E-state index >= 15 is 0 Å². The Morgan fingerprint density at radius 1 is 1.11 bits per heavy atom.